The van der Waals surface area contributed by atoms with Gasteiger partial charge in [-0.05, 0) is 51.3 Å². The summed E-state index contributed by atoms with van der Waals surface area (Å²) in [5, 5.41) is 3.58. The number of rotatable bonds is 7. The third-order valence-electron chi connectivity index (χ3n) is 4.62. The molecule has 5 heteroatoms. The fourth-order valence-electron chi connectivity index (χ4n) is 3.29. The van der Waals surface area contributed by atoms with Crippen molar-refractivity contribution in [1.82, 2.24) is 10.2 Å². The van der Waals surface area contributed by atoms with Crippen molar-refractivity contribution in [2.24, 2.45) is 0 Å². The molecule has 1 N–H and O–H groups in total. The SMILES string of the molecule is CC[C@H](C(=O)NC(C)(C)C)N(Cc1cccc(C)c1)C(=O)Cc1ccccc1Cl. The highest BCUT2D eigenvalue weighted by Gasteiger charge is 2.30. The lowest BCUT2D eigenvalue weighted by molar-refractivity contribution is -0.141. The predicted molar refractivity (Wildman–Crippen MR) is 119 cm³/mol. The van der Waals surface area contributed by atoms with Gasteiger partial charge in [-0.3, -0.25) is 9.59 Å². The minimum atomic E-state index is -0.551. The molecule has 0 bridgehead atoms. The first kappa shape index (κ1) is 23.0. The van der Waals surface area contributed by atoms with Crippen LogP contribution in [0.2, 0.25) is 5.02 Å². The Morgan fingerprint density at radius 1 is 1.10 bits per heavy atom. The van der Waals surface area contributed by atoms with Gasteiger partial charge < -0.3 is 10.2 Å². The van der Waals surface area contributed by atoms with E-state index in [0.29, 0.717) is 18.0 Å². The maximum Gasteiger partial charge on any atom is 0.243 e. The molecular formula is C24H31ClN2O2. The molecule has 29 heavy (non-hydrogen) atoms. The smallest absolute Gasteiger partial charge is 0.243 e. The molecule has 2 rings (SSSR count). The summed E-state index contributed by atoms with van der Waals surface area (Å²) >= 11 is 6.27. The van der Waals surface area contributed by atoms with E-state index in [0.717, 1.165) is 16.7 Å². The fraction of sp³-hybridized carbons (Fsp3) is 0.417. The van der Waals surface area contributed by atoms with Gasteiger partial charge in [0.15, 0.2) is 0 Å². The number of amides is 2. The fourth-order valence-corrected chi connectivity index (χ4v) is 3.49. The first-order valence-electron chi connectivity index (χ1n) is 10.0. The molecule has 0 aromatic heterocycles. The lowest BCUT2D eigenvalue weighted by atomic mass is 10.0. The van der Waals surface area contributed by atoms with E-state index in [1.165, 1.54) is 0 Å². The molecule has 0 unspecified atom stereocenters. The van der Waals surface area contributed by atoms with Crippen molar-refractivity contribution in [3.8, 4) is 0 Å². The van der Waals surface area contributed by atoms with Crippen LogP contribution in [0.15, 0.2) is 48.5 Å². The summed E-state index contributed by atoms with van der Waals surface area (Å²) in [5.41, 5.74) is 2.51. The van der Waals surface area contributed by atoms with Gasteiger partial charge >= 0.3 is 0 Å². The van der Waals surface area contributed by atoms with Crippen LogP contribution in [0.25, 0.3) is 0 Å². The number of benzene rings is 2. The van der Waals surface area contributed by atoms with Gasteiger partial charge in [0.25, 0.3) is 0 Å². The van der Waals surface area contributed by atoms with Crippen LogP contribution in [0.5, 0.6) is 0 Å². The number of aryl methyl sites for hydroxylation is 1. The van der Waals surface area contributed by atoms with Gasteiger partial charge in [0.1, 0.15) is 6.04 Å². The van der Waals surface area contributed by atoms with Gasteiger partial charge in [0.2, 0.25) is 11.8 Å². The Morgan fingerprint density at radius 3 is 2.38 bits per heavy atom. The minimum Gasteiger partial charge on any atom is -0.350 e. The zero-order chi connectivity index (χ0) is 21.6. The van der Waals surface area contributed by atoms with Gasteiger partial charge in [-0.2, -0.15) is 0 Å². The van der Waals surface area contributed by atoms with Crippen LogP contribution in [0, 0.1) is 6.92 Å². The van der Waals surface area contributed by atoms with E-state index in [2.05, 4.69) is 5.32 Å². The maximum absolute atomic E-state index is 13.3. The van der Waals surface area contributed by atoms with Gasteiger partial charge in [-0.15, -0.1) is 0 Å². The van der Waals surface area contributed by atoms with Crippen molar-refractivity contribution in [3.63, 3.8) is 0 Å². The molecule has 1 atom stereocenters. The van der Waals surface area contributed by atoms with Gasteiger partial charge in [0, 0.05) is 17.1 Å². The zero-order valence-electron chi connectivity index (χ0n) is 18.0. The number of hydrogen-bond donors (Lipinski definition) is 1. The van der Waals surface area contributed by atoms with Crippen molar-refractivity contribution in [2.75, 3.05) is 0 Å². The Hall–Kier alpha value is -2.33. The van der Waals surface area contributed by atoms with E-state index in [1.807, 2.05) is 77.1 Å². The summed E-state index contributed by atoms with van der Waals surface area (Å²) in [6, 6.07) is 14.8. The van der Waals surface area contributed by atoms with Crippen molar-refractivity contribution in [2.45, 2.75) is 65.6 Å². The monoisotopic (exact) mass is 414 g/mol. The molecule has 0 aliphatic rings. The van der Waals surface area contributed by atoms with Crippen LogP contribution >= 0.6 is 11.6 Å². The van der Waals surface area contributed by atoms with Gasteiger partial charge in [0.05, 0.1) is 6.42 Å². The third kappa shape index (κ3) is 6.90. The van der Waals surface area contributed by atoms with Crippen molar-refractivity contribution in [1.29, 1.82) is 0 Å². The number of nitrogens with zero attached hydrogens (tertiary/aromatic N) is 1. The molecule has 2 amide bonds. The van der Waals surface area contributed by atoms with Crippen LogP contribution in [0.3, 0.4) is 0 Å². The second kappa shape index (κ2) is 9.93. The standard InChI is InChI=1S/C24H31ClN2O2/c1-6-21(23(29)26-24(3,4)5)27(16-18-11-9-10-17(2)14-18)22(28)15-19-12-7-8-13-20(19)25/h7-14,21H,6,15-16H2,1-5H3,(H,26,29)/t21-/m1/s1. The van der Waals surface area contributed by atoms with Crippen LogP contribution in [-0.2, 0) is 22.6 Å². The third-order valence-corrected chi connectivity index (χ3v) is 4.99. The van der Waals surface area contributed by atoms with E-state index >= 15 is 0 Å². The van der Waals surface area contributed by atoms with E-state index in [4.69, 9.17) is 11.6 Å². The number of halogens is 1. The van der Waals surface area contributed by atoms with E-state index < -0.39 is 6.04 Å². The molecule has 0 fully saturated rings. The first-order chi connectivity index (χ1) is 13.6. The second-order valence-electron chi connectivity index (χ2n) is 8.44. The number of carbonyl (C=O) groups excluding carboxylic acids is 2. The summed E-state index contributed by atoms with van der Waals surface area (Å²) in [6.07, 6.45) is 0.687. The van der Waals surface area contributed by atoms with Crippen molar-refractivity contribution < 1.29 is 9.59 Å². The Balaban J connectivity index is 2.34. The molecule has 2 aromatic rings. The summed E-state index contributed by atoms with van der Waals surface area (Å²) in [5.74, 6) is -0.254. The molecule has 0 aliphatic carbocycles. The number of carbonyl (C=O) groups is 2. The van der Waals surface area contributed by atoms with E-state index in [1.54, 1.807) is 11.0 Å². The average molecular weight is 415 g/mol. The van der Waals surface area contributed by atoms with E-state index in [9.17, 15) is 9.59 Å². The topological polar surface area (TPSA) is 49.4 Å². The number of hydrogen-bond acceptors (Lipinski definition) is 2. The molecule has 0 radical (unpaired) electrons. The zero-order valence-corrected chi connectivity index (χ0v) is 18.7. The molecular weight excluding hydrogens is 384 g/mol. The molecule has 0 saturated heterocycles. The van der Waals surface area contributed by atoms with Gasteiger partial charge in [-0.1, -0.05) is 66.6 Å². The van der Waals surface area contributed by atoms with Crippen LogP contribution < -0.4 is 5.32 Å². The van der Waals surface area contributed by atoms with Crippen molar-refractivity contribution in [3.05, 3.63) is 70.2 Å². The maximum atomic E-state index is 13.3. The van der Waals surface area contributed by atoms with Gasteiger partial charge in [-0.25, -0.2) is 0 Å². The van der Waals surface area contributed by atoms with Crippen LogP contribution in [0.1, 0.15) is 50.8 Å². The van der Waals surface area contributed by atoms with Crippen molar-refractivity contribution >= 4 is 23.4 Å². The van der Waals surface area contributed by atoms with Crippen LogP contribution in [0.4, 0.5) is 0 Å². The Kier molecular flexibility index (Phi) is 7.86. The average Bonchev–Trinajstić information content (AvgIpc) is 2.62. The summed E-state index contributed by atoms with van der Waals surface area (Å²) in [6.45, 7) is 10.1. The summed E-state index contributed by atoms with van der Waals surface area (Å²) in [7, 11) is 0. The summed E-state index contributed by atoms with van der Waals surface area (Å²) < 4.78 is 0. The molecule has 4 nitrogen and oxygen atoms in total. The highest BCUT2D eigenvalue weighted by Crippen LogP contribution is 2.20. The lowest BCUT2D eigenvalue weighted by Gasteiger charge is -2.33. The predicted octanol–water partition coefficient (Wildman–Crippen LogP) is 4.91. The Labute approximate surface area is 179 Å². The lowest BCUT2D eigenvalue weighted by Crippen LogP contribution is -2.53. The molecule has 156 valence electrons. The molecule has 0 spiro atoms. The highest BCUT2D eigenvalue weighted by molar-refractivity contribution is 6.31. The summed E-state index contributed by atoms with van der Waals surface area (Å²) in [4.78, 5) is 28.0. The van der Waals surface area contributed by atoms with Crippen LogP contribution in [-0.4, -0.2) is 28.3 Å². The molecule has 0 saturated carbocycles. The quantitative estimate of drug-likeness (QED) is 0.699. The normalized spacial score (nSPS) is 12.3. The molecule has 0 aliphatic heterocycles. The minimum absolute atomic E-state index is 0.115. The Morgan fingerprint density at radius 2 is 1.79 bits per heavy atom. The highest BCUT2D eigenvalue weighted by atomic mass is 35.5. The Bertz CT molecular complexity index is 858. The van der Waals surface area contributed by atoms with E-state index in [-0.39, 0.29) is 23.8 Å². The largest absolute Gasteiger partial charge is 0.350 e. The first-order valence-corrected chi connectivity index (χ1v) is 10.4. The second-order valence-corrected chi connectivity index (χ2v) is 8.85. The molecule has 2 aromatic carbocycles. The number of nitrogens with one attached hydrogen (secondary N) is 1. The molecule has 0 heterocycles.